The van der Waals surface area contributed by atoms with Crippen molar-refractivity contribution in [3.8, 4) is 0 Å². The lowest BCUT2D eigenvalue weighted by Crippen LogP contribution is -2.50. The first-order chi connectivity index (χ1) is 11.4. The van der Waals surface area contributed by atoms with E-state index in [9.17, 15) is 4.57 Å². The van der Waals surface area contributed by atoms with Crippen LogP contribution in [0, 0.1) is 0 Å². The van der Waals surface area contributed by atoms with E-state index in [1.807, 2.05) is 14.1 Å². The highest BCUT2D eigenvalue weighted by molar-refractivity contribution is 7.80. The standard InChI is InChI=1S/C14H28NO7PS/c1-15(2)5-4-6-19-7-8-20-11-9-13(24)21-12(10-18-3)14(11)22-23(16)17/h11-14H,4-10H2,1-3H3,(H-,16,17,24)/p+1. The van der Waals surface area contributed by atoms with Crippen LogP contribution in [0.4, 0.5) is 0 Å². The zero-order valence-corrected chi connectivity index (χ0v) is 16.3. The van der Waals surface area contributed by atoms with Crippen LogP contribution in [0.2, 0.25) is 0 Å². The molecule has 1 saturated heterocycles. The summed E-state index contributed by atoms with van der Waals surface area (Å²) in [5, 5.41) is 0. The fourth-order valence-electron chi connectivity index (χ4n) is 2.45. The van der Waals surface area contributed by atoms with Crippen LogP contribution < -0.4 is 0 Å². The van der Waals surface area contributed by atoms with Crippen LogP contribution in [0.1, 0.15) is 12.8 Å². The lowest BCUT2D eigenvalue weighted by Gasteiger charge is -2.36. The minimum Gasteiger partial charge on any atom is -0.382 e. The van der Waals surface area contributed by atoms with Gasteiger partial charge in [0.1, 0.15) is 11.5 Å². The maximum absolute atomic E-state index is 11.1. The summed E-state index contributed by atoms with van der Waals surface area (Å²) < 4.78 is 38.2. The quantitative estimate of drug-likeness (QED) is 0.293. The molecule has 142 valence electrons. The van der Waals surface area contributed by atoms with Crippen LogP contribution >= 0.6 is 20.9 Å². The van der Waals surface area contributed by atoms with E-state index >= 15 is 0 Å². The van der Waals surface area contributed by atoms with Gasteiger partial charge in [-0.1, -0.05) is 0 Å². The predicted molar refractivity (Wildman–Crippen MR) is 92.6 cm³/mol. The van der Waals surface area contributed by atoms with Gasteiger partial charge >= 0.3 is 8.25 Å². The first-order valence-electron chi connectivity index (χ1n) is 7.93. The van der Waals surface area contributed by atoms with Crippen molar-refractivity contribution in [3.63, 3.8) is 0 Å². The molecule has 0 spiro atoms. The summed E-state index contributed by atoms with van der Waals surface area (Å²) in [6, 6.07) is 0. The molecular formula is C14H29NO7PS+. The van der Waals surface area contributed by atoms with Gasteiger partial charge in [-0.25, -0.2) is 0 Å². The largest absolute Gasteiger partial charge is 0.695 e. The van der Waals surface area contributed by atoms with Gasteiger partial charge in [0.2, 0.25) is 0 Å². The number of thiol groups is 1. The summed E-state index contributed by atoms with van der Waals surface area (Å²) >= 11 is 4.33. The van der Waals surface area contributed by atoms with E-state index in [1.165, 1.54) is 7.11 Å². The average Bonchev–Trinajstić information content (AvgIpc) is 2.49. The van der Waals surface area contributed by atoms with E-state index in [1.54, 1.807) is 0 Å². The third-order valence-electron chi connectivity index (χ3n) is 3.50. The Hall–Kier alpha value is 0.170. The first-order valence-corrected chi connectivity index (χ1v) is 9.58. The number of ether oxygens (including phenoxy) is 4. The van der Waals surface area contributed by atoms with Crippen LogP contribution in [-0.2, 0) is 28.0 Å². The van der Waals surface area contributed by atoms with E-state index < -0.39 is 26.6 Å². The summed E-state index contributed by atoms with van der Waals surface area (Å²) in [7, 11) is 2.80. The second kappa shape index (κ2) is 12.5. The van der Waals surface area contributed by atoms with Gasteiger partial charge in [0, 0.05) is 24.7 Å². The maximum atomic E-state index is 11.1. The van der Waals surface area contributed by atoms with Crippen LogP contribution in [0.15, 0.2) is 0 Å². The maximum Gasteiger partial charge on any atom is 0.695 e. The van der Waals surface area contributed by atoms with Gasteiger partial charge in [-0.3, -0.25) is 0 Å². The Kier molecular flexibility index (Phi) is 11.6. The van der Waals surface area contributed by atoms with E-state index in [0.29, 0.717) is 26.2 Å². The molecule has 1 aliphatic heterocycles. The zero-order chi connectivity index (χ0) is 17.9. The molecule has 5 atom stereocenters. The van der Waals surface area contributed by atoms with Crippen molar-refractivity contribution in [3.05, 3.63) is 0 Å². The van der Waals surface area contributed by atoms with Crippen molar-refractivity contribution in [2.45, 2.75) is 36.6 Å². The van der Waals surface area contributed by atoms with Gasteiger partial charge in [-0.05, 0) is 27.1 Å². The van der Waals surface area contributed by atoms with Gasteiger partial charge in [-0.2, -0.15) is 0 Å². The van der Waals surface area contributed by atoms with Crippen molar-refractivity contribution in [2.75, 3.05) is 54.2 Å². The molecule has 0 radical (unpaired) electrons. The molecule has 1 heterocycles. The molecule has 0 aromatic rings. The van der Waals surface area contributed by atoms with Gasteiger partial charge in [0.15, 0.2) is 6.10 Å². The Labute approximate surface area is 150 Å². The lowest BCUT2D eigenvalue weighted by atomic mass is 10.0. The van der Waals surface area contributed by atoms with E-state index in [2.05, 4.69) is 17.5 Å². The topological polar surface area (TPSA) is 86.7 Å². The summed E-state index contributed by atoms with van der Waals surface area (Å²) in [5.41, 5.74) is -0.340. The minimum atomic E-state index is -2.76. The molecule has 8 nitrogen and oxygen atoms in total. The van der Waals surface area contributed by atoms with Crippen molar-refractivity contribution in [2.24, 2.45) is 0 Å². The highest BCUT2D eigenvalue weighted by Crippen LogP contribution is 2.32. The number of rotatable bonds is 12. The van der Waals surface area contributed by atoms with Crippen LogP contribution in [0.25, 0.3) is 0 Å². The first kappa shape index (κ1) is 22.2. The van der Waals surface area contributed by atoms with Crippen molar-refractivity contribution in [1.29, 1.82) is 0 Å². The number of hydrogen-bond acceptors (Lipinski definition) is 8. The second-order valence-electron chi connectivity index (χ2n) is 5.81. The molecule has 1 N–H and O–H groups in total. The van der Waals surface area contributed by atoms with Crippen LogP contribution in [0.5, 0.6) is 0 Å². The Balaban J connectivity index is 2.39. The molecule has 10 heteroatoms. The van der Waals surface area contributed by atoms with Gasteiger partial charge in [0.05, 0.1) is 25.9 Å². The van der Waals surface area contributed by atoms with Gasteiger partial charge in [0.25, 0.3) is 0 Å². The van der Waals surface area contributed by atoms with E-state index in [4.69, 9.17) is 28.4 Å². The van der Waals surface area contributed by atoms with Crippen LogP contribution in [0.3, 0.4) is 0 Å². The summed E-state index contributed by atoms with van der Waals surface area (Å²) in [5.74, 6) is 0. The molecule has 1 fully saturated rings. The predicted octanol–water partition coefficient (Wildman–Crippen LogP) is 1.07. The molecule has 1 aliphatic rings. The van der Waals surface area contributed by atoms with E-state index in [-0.39, 0.29) is 12.0 Å². The molecular weight excluding hydrogens is 357 g/mol. The molecule has 0 amide bonds. The molecule has 0 saturated carbocycles. The Morgan fingerprint density at radius 1 is 1.33 bits per heavy atom. The molecule has 0 aliphatic carbocycles. The summed E-state index contributed by atoms with van der Waals surface area (Å²) in [6.45, 7) is 2.69. The van der Waals surface area contributed by atoms with Crippen molar-refractivity contribution in [1.82, 2.24) is 4.90 Å². The lowest BCUT2D eigenvalue weighted by molar-refractivity contribution is -0.170. The fourth-order valence-corrected chi connectivity index (χ4v) is 3.30. The third kappa shape index (κ3) is 9.03. The van der Waals surface area contributed by atoms with Crippen molar-refractivity contribution >= 4 is 20.9 Å². The molecule has 24 heavy (non-hydrogen) atoms. The average molecular weight is 386 g/mol. The molecule has 0 aromatic heterocycles. The molecule has 0 bridgehead atoms. The zero-order valence-electron chi connectivity index (χ0n) is 14.5. The normalized spacial score (nSPS) is 28.3. The Morgan fingerprint density at radius 3 is 2.71 bits per heavy atom. The minimum absolute atomic E-state index is 0.228. The highest BCUT2D eigenvalue weighted by atomic mass is 32.1. The number of methoxy groups -OCH3 is 1. The Morgan fingerprint density at radius 2 is 2.08 bits per heavy atom. The number of hydrogen-bond donors (Lipinski definition) is 2. The van der Waals surface area contributed by atoms with Gasteiger partial charge in [-0.15, -0.1) is 22.0 Å². The number of nitrogens with zero attached hydrogens (tertiary/aromatic N) is 1. The highest BCUT2D eigenvalue weighted by Gasteiger charge is 2.44. The van der Waals surface area contributed by atoms with E-state index in [0.717, 1.165) is 13.0 Å². The SMILES string of the molecule is COCC1OC(S)CC(OCCOCCCN(C)C)C1O[P+](=O)O. The third-order valence-corrected chi connectivity index (χ3v) is 4.25. The van der Waals surface area contributed by atoms with Crippen LogP contribution in [-0.4, -0.2) is 87.7 Å². The molecule has 0 aromatic carbocycles. The fraction of sp³-hybridized carbons (Fsp3) is 1.00. The molecule has 5 unspecified atom stereocenters. The Bertz CT molecular complexity index is 364. The van der Waals surface area contributed by atoms with Crippen molar-refractivity contribution < 1.29 is 32.9 Å². The monoisotopic (exact) mass is 386 g/mol. The summed E-state index contributed by atoms with van der Waals surface area (Å²) in [6.07, 6.45) is -0.190. The smallest absolute Gasteiger partial charge is 0.382 e. The second-order valence-corrected chi connectivity index (χ2v) is 7.07. The van der Waals surface area contributed by atoms with Gasteiger partial charge < -0.3 is 23.8 Å². The summed E-state index contributed by atoms with van der Waals surface area (Å²) in [4.78, 5) is 11.2. The molecule has 1 rings (SSSR count).